The molecule has 0 bridgehead atoms. The van der Waals surface area contributed by atoms with Gasteiger partial charge >= 0.3 is 0 Å². The smallest absolute Gasteiger partial charge is 0.0763 e. The maximum Gasteiger partial charge on any atom is 0.0763 e. The molecule has 0 radical (unpaired) electrons. The molecule has 0 atom stereocenters. The van der Waals surface area contributed by atoms with Crippen LogP contribution in [-0.4, -0.2) is 6.21 Å². The fourth-order valence-corrected chi connectivity index (χ4v) is 2.53. The minimum Gasteiger partial charge on any atom is -0.255 e. The first kappa shape index (κ1) is 17.8. The van der Waals surface area contributed by atoms with Gasteiger partial charge in [-0.1, -0.05) is 59.7 Å². The van der Waals surface area contributed by atoms with Crippen molar-refractivity contribution in [1.82, 2.24) is 0 Å². The zero-order valence-corrected chi connectivity index (χ0v) is 15.9. The quantitative estimate of drug-likeness (QED) is 0.490. The number of hydrogen-bond acceptors (Lipinski definition) is 2. The van der Waals surface area contributed by atoms with Crippen LogP contribution in [0.15, 0.2) is 52.4 Å². The van der Waals surface area contributed by atoms with E-state index in [2.05, 4.69) is 77.4 Å². The Hall–Kier alpha value is -1.54. The molecule has 0 heterocycles. The van der Waals surface area contributed by atoms with Crippen LogP contribution in [-0.2, 0) is 10.8 Å². The van der Waals surface area contributed by atoms with E-state index in [0.29, 0.717) is 0 Å². The van der Waals surface area contributed by atoms with Gasteiger partial charge in [0.15, 0.2) is 0 Å². The predicted octanol–water partition coefficient (Wildman–Crippen LogP) is 6.32. The maximum atomic E-state index is 4.62. The highest BCUT2D eigenvalue weighted by molar-refractivity contribution is 7.80. The Morgan fingerprint density at radius 2 is 1.35 bits per heavy atom. The topological polar surface area (TPSA) is 12.4 Å². The predicted molar refractivity (Wildman–Crippen MR) is 105 cm³/mol. The van der Waals surface area contributed by atoms with E-state index in [1.54, 1.807) is 0 Å². The maximum absolute atomic E-state index is 4.62. The van der Waals surface area contributed by atoms with Crippen LogP contribution in [0.25, 0.3) is 0 Å². The van der Waals surface area contributed by atoms with Gasteiger partial charge in [0.1, 0.15) is 0 Å². The van der Waals surface area contributed by atoms with Gasteiger partial charge in [0.25, 0.3) is 0 Å². The molecule has 0 spiro atoms. The molecule has 0 N–H and O–H groups in total. The third-order valence-electron chi connectivity index (χ3n) is 3.92. The van der Waals surface area contributed by atoms with Gasteiger partial charge in [0.2, 0.25) is 0 Å². The molecule has 122 valence electrons. The number of rotatable bonds is 2. The van der Waals surface area contributed by atoms with Crippen LogP contribution in [0, 0.1) is 0 Å². The van der Waals surface area contributed by atoms with Gasteiger partial charge in [-0.15, -0.1) is 12.6 Å². The summed E-state index contributed by atoms with van der Waals surface area (Å²) in [6, 6.07) is 14.7. The van der Waals surface area contributed by atoms with Gasteiger partial charge in [0.05, 0.1) is 5.69 Å². The normalized spacial score (nSPS) is 12.8. The number of hydrogen-bond donors (Lipinski definition) is 1. The molecule has 1 nitrogen and oxygen atoms in total. The van der Waals surface area contributed by atoms with Crippen molar-refractivity contribution >= 4 is 24.5 Å². The summed E-state index contributed by atoms with van der Waals surface area (Å²) >= 11 is 4.46. The van der Waals surface area contributed by atoms with Crippen LogP contribution in [0.1, 0.15) is 58.2 Å². The summed E-state index contributed by atoms with van der Waals surface area (Å²) in [6.07, 6.45) is 1.94. The Morgan fingerprint density at radius 1 is 0.826 bits per heavy atom. The highest BCUT2D eigenvalue weighted by atomic mass is 32.1. The summed E-state index contributed by atoms with van der Waals surface area (Å²) in [4.78, 5) is 5.52. The van der Waals surface area contributed by atoms with E-state index in [0.717, 1.165) is 16.1 Å². The van der Waals surface area contributed by atoms with E-state index >= 15 is 0 Å². The monoisotopic (exact) mass is 325 g/mol. The lowest BCUT2D eigenvalue weighted by atomic mass is 9.79. The average molecular weight is 326 g/mol. The first-order chi connectivity index (χ1) is 10.6. The van der Waals surface area contributed by atoms with E-state index in [-0.39, 0.29) is 10.8 Å². The zero-order chi connectivity index (χ0) is 17.3. The van der Waals surface area contributed by atoms with Gasteiger partial charge in [-0.3, -0.25) is 4.99 Å². The summed E-state index contributed by atoms with van der Waals surface area (Å²) in [5.41, 5.74) is 4.95. The van der Waals surface area contributed by atoms with Crippen molar-refractivity contribution in [3.8, 4) is 0 Å². The van der Waals surface area contributed by atoms with Crippen molar-refractivity contribution in [2.24, 2.45) is 4.99 Å². The summed E-state index contributed by atoms with van der Waals surface area (Å²) in [5.74, 6) is 0. The van der Waals surface area contributed by atoms with Gasteiger partial charge in [-0.25, -0.2) is 0 Å². The number of para-hydroxylation sites is 1. The molecule has 23 heavy (non-hydrogen) atoms. The van der Waals surface area contributed by atoms with Crippen LogP contribution in [0.4, 0.5) is 5.69 Å². The molecular formula is C21H27NS. The van der Waals surface area contributed by atoms with Gasteiger partial charge in [0, 0.05) is 11.1 Å². The van der Waals surface area contributed by atoms with Crippen LogP contribution >= 0.6 is 12.6 Å². The average Bonchev–Trinajstić information content (AvgIpc) is 2.44. The molecule has 0 saturated carbocycles. The molecule has 2 heteroatoms. The van der Waals surface area contributed by atoms with E-state index in [4.69, 9.17) is 0 Å². The summed E-state index contributed by atoms with van der Waals surface area (Å²) in [7, 11) is 0. The molecule has 2 aromatic rings. The lowest BCUT2D eigenvalue weighted by molar-refractivity contribution is 0.568. The Labute approximate surface area is 146 Å². The molecule has 0 aliphatic heterocycles. The third kappa shape index (κ3) is 4.71. The third-order valence-corrected chi connectivity index (χ3v) is 4.30. The molecule has 0 amide bonds. The fraction of sp³-hybridized carbons (Fsp3) is 0.381. The molecule has 0 saturated heterocycles. The van der Waals surface area contributed by atoms with Crippen molar-refractivity contribution in [3.63, 3.8) is 0 Å². The molecule has 0 unspecified atom stereocenters. The van der Waals surface area contributed by atoms with Crippen molar-refractivity contribution in [1.29, 1.82) is 0 Å². The van der Waals surface area contributed by atoms with Crippen molar-refractivity contribution < 1.29 is 0 Å². The number of thiol groups is 1. The van der Waals surface area contributed by atoms with E-state index in [9.17, 15) is 0 Å². The standard InChI is InChI=1S/C21H27NS/c1-20(2,3)16-11-15(12-17(13-16)21(4,5)6)14-22-18-9-7-8-10-19(18)23/h7-14,23H,1-6H3. The molecule has 0 aromatic heterocycles. The fourth-order valence-electron chi connectivity index (χ4n) is 2.31. The van der Waals surface area contributed by atoms with E-state index < -0.39 is 0 Å². The summed E-state index contributed by atoms with van der Waals surface area (Å²) < 4.78 is 0. The van der Waals surface area contributed by atoms with Crippen molar-refractivity contribution in [2.75, 3.05) is 0 Å². The Kier molecular flexibility index (Phi) is 5.05. The summed E-state index contributed by atoms with van der Waals surface area (Å²) in [6.45, 7) is 13.5. The molecule has 2 aromatic carbocycles. The minimum atomic E-state index is 0.116. The highest BCUT2D eigenvalue weighted by Gasteiger charge is 2.20. The van der Waals surface area contributed by atoms with Gasteiger partial charge < -0.3 is 0 Å². The molecule has 0 aliphatic rings. The number of benzene rings is 2. The molecule has 0 fully saturated rings. The van der Waals surface area contributed by atoms with E-state index in [1.165, 1.54) is 11.1 Å². The lowest BCUT2D eigenvalue weighted by Gasteiger charge is -2.25. The summed E-state index contributed by atoms with van der Waals surface area (Å²) in [5, 5.41) is 0. The first-order valence-corrected chi connectivity index (χ1v) is 8.50. The Bertz CT molecular complexity index is 683. The number of nitrogens with zero attached hydrogens (tertiary/aromatic N) is 1. The first-order valence-electron chi connectivity index (χ1n) is 8.05. The van der Waals surface area contributed by atoms with Crippen molar-refractivity contribution in [3.05, 3.63) is 59.2 Å². The largest absolute Gasteiger partial charge is 0.255 e. The van der Waals surface area contributed by atoms with Gasteiger partial charge in [-0.05, 0) is 51.8 Å². The molecule has 0 aliphatic carbocycles. The Morgan fingerprint density at radius 3 is 1.83 bits per heavy atom. The zero-order valence-electron chi connectivity index (χ0n) is 15.0. The highest BCUT2D eigenvalue weighted by Crippen LogP contribution is 2.30. The second-order valence-electron chi connectivity index (χ2n) is 8.09. The molecule has 2 rings (SSSR count). The second-order valence-corrected chi connectivity index (χ2v) is 8.57. The van der Waals surface area contributed by atoms with Crippen LogP contribution in [0.5, 0.6) is 0 Å². The molecular weight excluding hydrogens is 298 g/mol. The van der Waals surface area contributed by atoms with Crippen LogP contribution in [0.2, 0.25) is 0 Å². The van der Waals surface area contributed by atoms with Crippen LogP contribution < -0.4 is 0 Å². The SMILES string of the molecule is CC(C)(C)c1cc(C=Nc2ccccc2S)cc(C(C)(C)C)c1. The Balaban J connectivity index is 2.48. The van der Waals surface area contributed by atoms with E-state index in [1.807, 2.05) is 30.5 Å². The minimum absolute atomic E-state index is 0.116. The van der Waals surface area contributed by atoms with Crippen molar-refractivity contribution in [2.45, 2.75) is 57.3 Å². The second kappa shape index (κ2) is 6.52. The van der Waals surface area contributed by atoms with Gasteiger partial charge in [-0.2, -0.15) is 0 Å². The van der Waals surface area contributed by atoms with Crippen LogP contribution in [0.3, 0.4) is 0 Å². The lowest BCUT2D eigenvalue weighted by Crippen LogP contribution is -2.17. The number of aliphatic imine (C=N–C) groups is 1.